The van der Waals surface area contributed by atoms with Gasteiger partial charge in [-0.05, 0) is 37.7 Å². The molecule has 0 unspecified atom stereocenters. The molecule has 5 heteroatoms. The van der Waals surface area contributed by atoms with Crippen molar-refractivity contribution in [2.75, 3.05) is 0 Å². The molecular weight excluding hydrogens is 344 g/mol. The number of rotatable bonds is 14. The van der Waals surface area contributed by atoms with Crippen LogP contribution in [0.15, 0.2) is 24.3 Å². The van der Waals surface area contributed by atoms with E-state index >= 15 is 0 Å². The zero-order chi connectivity index (χ0) is 20.1. The van der Waals surface area contributed by atoms with Crippen molar-refractivity contribution in [1.29, 1.82) is 0 Å². The van der Waals surface area contributed by atoms with Crippen LogP contribution in [0.4, 0.5) is 0 Å². The maximum Gasteiger partial charge on any atom is 0.303 e. The second-order valence-electron chi connectivity index (χ2n) is 7.59. The lowest BCUT2D eigenvalue weighted by molar-refractivity contribution is -0.137. The van der Waals surface area contributed by atoms with Gasteiger partial charge in [0.1, 0.15) is 0 Å². The molecule has 0 amide bonds. The first-order valence-electron chi connectivity index (χ1n) is 10.4. The molecule has 0 radical (unpaired) electrons. The van der Waals surface area contributed by atoms with Gasteiger partial charge in [0.05, 0.1) is 12.2 Å². The van der Waals surface area contributed by atoms with E-state index in [1.807, 2.05) is 12.2 Å². The molecule has 1 aliphatic rings. The van der Waals surface area contributed by atoms with Gasteiger partial charge in [0.25, 0.3) is 0 Å². The number of aliphatic hydroxyl groups is 2. The summed E-state index contributed by atoms with van der Waals surface area (Å²) in [5.41, 5.74) is 0. The predicted molar refractivity (Wildman–Crippen MR) is 106 cm³/mol. The normalized spacial score (nSPS) is 25.6. The summed E-state index contributed by atoms with van der Waals surface area (Å²) in [6.45, 7) is 2.16. The largest absolute Gasteiger partial charge is 0.481 e. The quantitative estimate of drug-likeness (QED) is 0.240. The van der Waals surface area contributed by atoms with Crippen LogP contribution >= 0.6 is 0 Å². The molecule has 0 aromatic heterocycles. The molecule has 154 valence electrons. The van der Waals surface area contributed by atoms with Crippen molar-refractivity contribution in [2.24, 2.45) is 11.8 Å². The van der Waals surface area contributed by atoms with E-state index < -0.39 is 18.2 Å². The summed E-state index contributed by atoms with van der Waals surface area (Å²) in [5, 5.41) is 29.0. The number of carbonyl (C=O) groups is 2. The van der Waals surface area contributed by atoms with Gasteiger partial charge in [0.2, 0.25) is 0 Å². The molecule has 1 fully saturated rings. The molecule has 0 aromatic carbocycles. The summed E-state index contributed by atoms with van der Waals surface area (Å²) in [6.07, 6.45) is 14.5. The first kappa shape index (κ1) is 23.6. The molecule has 0 aliphatic heterocycles. The fourth-order valence-electron chi connectivity index (χ4n) is 3.65. The van der Waals surface area contributed by atoms with Gasteiger partial charge in [-0.3, -0.25) is 9.59 Å². The summed E-state index contributed by atoms with van der Waals surface area (Å²) in [5.74, 6) is -1.03. The van der Waals surface area contributed by atoms with Crippen LogP contribution in [0.1, 0.15) is 77.6 Å². The molecule has 27 heavy (non-hydrogen) atoms. The Kier molecular flexibility index (Phi) is 11.9. The Morgan fingerprint density at radius 1 is 0.963 bits per heavy atom. The van der Waals surface area contributed by atoms with Crippen LogP contribution in [0.25, 0.3) is 0 Å². The lowest BCUT2D eigenvalue weighted by Gasteiger charge is -2.19. The van der Waals surface area contributed by atoms with E-state index in [1.54, 1.807) is 12.2 Å². The Morgan fingerprint density at radius 3 is 2.41 bits per heavy atom. The van der Waals surface area contributed by atoms with Crippen LogP contribution in [0.2, 0.25) is 0 Å². The van der Waals surface area contributed by atoms with Gasteiger partial charge in [-0.15, -0.1) is 0 Å². The van der Waals surface area contributed by atoms with Crippen LogP contribution in [0.5, 0.6) is 0 Å². The van der Waals surface area contributed by atoms with Crippen LogP contribution in [-0.4, -0.2) is 39.3 Å². The number of aliphatic hydroxyl groups excluding tert-OH is 2. The van der Waals surface area contributed by atoms with Crippen molar-refractivity contribution in [3.63, 3.8) is 0 Å². The van der Waals surface area contributed by atoms with E-state index in [0.717, 1.165) is 12.8 Å². The summed E-state index contributed by atoms with van der Waals surface area (Å²) in [6, 6.07) is 0. The van der Waals surface area contributed by atoms with Crippen molar-refractivity contribution in [3.05, 3.63) is 24.3 Å². The highest BCUT2D eigenvalue weighted by Crippen LogP contribution is 2.36. The van der Waals surface area contributed by atoms with Gasteiger partial charge < -0.3 is 15.3 Å². The molecule has 1 aliphatic carbocycles. The topological polar surface area (TPSA) is 94.8 Å². The number of ketones is 1. The highest BCUT2D eigenvalue weighted by Gasteiger charge is 2.39. The monoisotopic (exact) mass is 380 g/mol. The number of carboxylic acids is 1. The average Bonchev–Trinajstić information content (AvgIpc) is 2.88. The van der Waals surface area contributed by atoms with Crippen LogP contribution in [0, 0.1) is 11.8 Å². The number of allylic oxidation sites excluding steroid dienone is 3. The number of carbonyl (C=O) groups excluding carboxylic acids is 1. The van der Waals surface area contributed by atoms with Crippen LogP contribution < -0.4 is 0 Å². The average molecular weight is 381 g/mol. The van der Waals surface area contributed by atoms with Gasteiger partial charge in [-0.2, -0.15) is 0 Å². The third-order valence-electron chi connectivity index (χ3n) is 5.28. The molecular formula is C22H36O5. The first-order chi connectivity index (χ1) is 13.0. The molecule has 0 bridgehead atoms. The lowest BCUT2D eigenvalue weighted by Crippen LogP contribution is -2.20. The van der Waals surface area contributed by atoms with E-state index in [9.17, 15) is 19.8 Å². The molecule has 1 saturated carbocycles. The van der Waals surface area contributed by atoms with Gasteiger partial charge in [0, 0.05) is 25.2 Å². The third kappa shape index (κ3) is 9.87. The van der Waals surface area contributed by atoms with Crippen LogP contribution in [0.3, 0.4) is 0 Å². The Morgan fingerprint density at radius 2 is 1.70 bits per heavy atom. The zero-order valence-electron chi connectivity index (χ0n) is 16.6. The third-order valence-corrected chi connectivity index (χ3v) is 5.28. The number of carboxylic acid groups (broad SMARTS) is 1. The van der Waals surface area contributed by atoms with Crippen molar-refractivity contribution < 1.29 is 24.9 Å². The van der Waals surface area contributed by atoms with E-state index in [0.29, 0.717) is 32.1 Å². The van der Waals surface area contributed by atoms with Crippen molar-refractivity contribution in [3.8, 4) is 0 Å². The molecule has 5 nitrogen and oxygen atoms in total. The summed E-state index contributed by atoms with van der Waals surface area (Å²) >= 11 is 0. The molecule has 0 saturated heterocycles. The Balaban J connectivity index is 2.42. The second kappa shape index (κ2) is 13.7. The highest BCUT2D eigenvalue weighted by atomic mass is 16.4. The number of unbranched alkanes of at least 4 members (excludes halogenated alkanes) is 5. The van der Waals surface area contributed by atoms with Crippen molar-refractivity contribution in [2.45, 2.75) is 89.8 Å². The maximum atomic E-state index is 12.0. The van der Waals surface area contributed by atoms with E-state index in [2.05, 4.69) is 6.92 Å². The summed E-state index contributed by atoms with van der Waals surface area (Å²) in [7, 11) is 0. The van der Waals surface area contributed by atoms with Gasteiger partial charge >= 0.3 is 5.97 Å². The van der Waals surface area contributed by atoms with Gasteiger partial charge in [-0.25, -0.2) is 0 Å². The highest BCUT2D eigenvalue weighted by molar-refractivity contribution is 5.89. The van der Waals surface area contributed by atoms with E-state index in [1.165, 1.54) is 19.3 Å². The number of aliphatic carboxylic acids is 1. The second-order valence-corrected chi connectivity index (χ2v) is 7.59. The minimum atomic E-state index is -0.794. The van der Waals surface area contributed by atoms with Crippen LogP contribution in [-0.2, 0) is 9.59 Å². The Bertz CT molecular complexity index is 497. The number of hydrogen-bond acceptors (Lipinski definition) is 4. The fraction of sp³-hybridized carbons (Fsp3) is 0.727. The predicted octanol–water partition coefficient (Wildman–Crippen LogP) is 4.03. The SMILES string of the molecule is CCCCCCCC(=O)/C=C/[C@@H]1[C@@H](C/C=C\CCCC(=O)O)[C@@H](O)C[C@H]1O. The Hall–Kier alpha value is -1.46. The van der Waals surface area contributed by atoms with Crippen molar-refractivity contribution in [1.82, 2.24) is 0 Å². The zero-order valence-corrected chi connectivity index (χ0v) is 16.6. The standard InChI is InChI=1S/C22H36O5/c1-2-3-4-5-8-11-17(23)14-15-19-18(20(24)16-21(19)25)12-9-6-7-10-13-22(26)27/h6,9,14-15,18-21,24-25H,2-5,7-8,10-13,16H2,1H3,(H,26,27)/b9-6-,15-14+/t18-,19-,20+,21-/m1/s1. The minimum Gasteiger partial charge on any atom is -0.481 e. The van der Waals surface area contributed by atoms with Crippen molar-refractivity contribution >= 4 is 11.8 Å². The first-order valence-corrected chi connectivity index (χ1v) is 10.4. The molecule has 1 rings (SSSR count). The summed E-state index contributed by atoms with van der Waals surface area (Å²) < 4.78 is 0. The van der Waals surface area contributed by atoms with Gasteiger partial charge in [-0.1, -0.05) is 50.8 Å². The minimum absolute atomic E-state index is 0.0862. The molecule has 4 atom stereocenters. The maximum absolute atomic E-state index is 12.0. The molecule has 0 heterocycles. The molecule has 3 N–H and O–H groups in total. The van der Waals surface area contributed by atoms with E-state index in [-0.39, 0.29) is 24.0 Å². The van der Waals surface area contributed by atoms with Gasteiger partial charge in [0.15, 0.2) is 5.78 Å². The van der Waals surface area contributed by atoms with E-state index in [4.69, 9.17) is 5.11 Å². The molecule has 0 spiro atoms. The fourth-order valence-corrected chi connectivity index (χ4v) is 3.65. The summed E-state index contributed by atoms with van der Waals surface area (Å²) in [4.78, 5) is 22.5. The lowest BCUT2D eigenvalue weighted by atomic mass is 9.89. The Labute approximate surface area is 163 Å². The number of hydrogen-bond donors (Lipinski definition) is 3. The molecule has 0 aromatic rings. The smallest absolute Gasteiger partial charge is 0.303 e.